The van der Waals surface area contributed by atoms with Gasteiger partial charge in [-0.05, 0) is 32.0 Å². The van der Waals surface area contributed by atoms with Crippen molar-refractivity contribution in [1.82, 2.24) is 10.2 Å². The van der Waals surface area contributed by atoms with E-state index in [1.54, 1.807) is 18.2 Å². The van der Waals surface area contributed by atoms with Crippen molar-refractivity contribution in [3.63, 3.8) is 0 Å². The Bertz CT molecular complexity index is 590. The molecule has 1 saturated heterocycles. The van der Waals surface area contributed by atoms with E-state index in [1.807, 2.05) is 11.8 Å². The molecule has 0 bridgehead atoms. The van der Waals surface area contributed by atoms with Crippen molar-refractivity contribution < 1.29 is 23.8 Å². The van der Waals surface area contributed by atoms with E-state index < -0.39 is 5.97 Å². The molecule has 2 rings (SSSR count). The Kier molecular flexibility index (Phi) is 6.43. The second-order valence-electron chi connectivity index (χ2n) is 5.57. The van der Waals surface area contributed by atoms with E-state index in [4.69, 9.17) is 9.47 Å². The van der Waals surface area contributed by atoms with E-state index in [2.05, 4.69) is 17.0 Å². The van der Waals surface area contributed by atoms with Crippen LogP contribution in [-0.4, -0.2) is 62.8 Å². The Hall–Kier alpha value is -2.28. The number of ether oxygens (including phenoxy) is 3. The first-order valence-electron chi connectivity index (χ1n) is 8.04. The normalized spacial score (nSPS) is 17.3. The van der Waals surface area contributed by atoms with Crippen molar-refractivity contribution in [2.24, 2.45) is 0 Å². The van der Waals surface area contributed by atoms with Crippen molar-refractivity contribution in [1.29, 1.82) is 0 Å². The molecule has 1 aromatic rings. The Morgan fingerprint density at radius 1 is 1.29 bits per heavy atom. The number of rotatable bonds is 6. The molecule has 0 aliphatic carbocycles. The average Bonchev–Trinajstić information content (AvgIpc) is 2.60. The zero-order valence-electron chi connectivity index (χ0n) is 14.3. The predicted octanol–water partition coefficient (Wildman–Crippen LogP) is 1.07. The topological polar surface area (TPSA) is 77.1 Å². The summed E-state index contributed by atoms with van der Waals surface area (Å²) in [6.07, 6.45) is 0. The number of carbonyl (C=O) groups is 2. The Morgan fingerprint density at radius 2 is 2.08 bits per heavy atom. The van der Waals surface area contributed by atoms with E-state index in [0.29, 0.717) is 36.8 Å². The molecule has 7 heteroatoms. The van der Waals surface area contributed by atoms with Crippen LogP contribution in [0.3, 0.4) is 0 Å². The summed E-state index contributed by atoms with van der Waals surface area (Å²) < 4.78 is 15.5. The maximum Gasteiger partial charge on any atom is 0.343 e. The highest BCUT2D eigenvalue weighted by Crippen LogP contribution is 2.29. The van der Waals surface area contributed by atoms with Gasteiger partial charge in [-0.3, -0.25) is 4.79 Å². The van der Waals surface area contributed by atoms with Crippen LogP contribution in [0.15, 0.2) is 18.2 Å². The quantitative estimate of drug-likeness (QED) is 0.783. The fourth-order valence-corrected chi connectivity index (χ4v) is 2.52. The minimum absolute atomic E-state index is 0.0381. The van der Waals surface area contributed by atoms with Crippen LogP contribution in [0.25, 0.3) is 0 Å². The third-order valence-corrected chi connectivity index (χ3v) is 3.72. The van der Waals surface area contributed by atoms with Crippen LogP contribution in [0.2, 0.25) is 0 Å². The number of esters is 1. The first-order chi connectivity index (χ1) is 11.5. The van der Waals surface area contributed by atoms with E-state index in [9.17, 15) is 9.59 Å². The fraction of sp³-hybridized carbons (Fsp3) is 0.529. The maximum atomic E-state index is 12.7. The van der Waals surface area contributed by atoms with Crippen molar-refractivity contribution in [2.45, 2.75) is 19.9 Å². The van der Waals surface area contributed by atoms with Crippen LogP contribution >= 0.6 is 0 Å². The molecular weight excluding hydrogens is 312 g/mol. The molecule has 7 nitrogen and oxygen atoms in total. The minimum atomic E-state index is -0.479. The van der Waals surface area contributed by atoms with Gasteiger partial charge in [-0.25, -0.2) is 4.79 Å². The highest BCUT2D eigenvalue weighted by Gasteiger charge is 2.22. The standard InChI is InChI=1S/C17H24N2O5/c1-4-23-15-9-13(5-6-14(15)24-11-16(20)22-3)17(21)19-8-7-18-12(2)10-19/h5-6,9,12,18H,4,7-8,10-11H2,1-3H3/t12-/m1/s1. The molecule has 0 saturated carbocycles. The molecule has 1 aliphatic heterocycles. The summed E-state index contributed by atoms with van der Waals surface area (Å²) >= 11 is 0. The van der Waals surface area contributed by atoms with Gasteiger partial charge in [0.05, 0.1) is 13.7 Å². The molecule has 1 heterocycles. The van der Waals surface area contributed by atoms with Gasteiger partial charge >= 0.3 is 5.97 Å². The number of benzene rings is 1. The second-order valence-corrected chi connectivity index (χ2v) is 5.57. The monoisotopic (exact) mass is 336 g/mol. The lowest BCUT2D eigenvalue weighted by atomic mass is 10.1. The molecule has 1 N–H and O–H groups in total. The molecule has 1 aromatic carbocycles. The first-order valence-corrected chi connectivity index (χ1v) is 8.04. The number of nitrogens with zero attached hydrogens (tertiary/aromatic N) is 1. The van der Waals surface area contributed by atoms with Crippen LogP contribution < -0.4 is 14.8 Å². The number of piperazine rings is 1. The predicted molar refractivity (Wildman–Crippen MR) is 88.5 cm³/mol. The maximum absolute atomic E-state index is 12.7. The molecule has 132 valence electrons. The number of hydrogen-bond acceptors (Lipinski definition) is 6. The van der Waals surface area contributed by atoms with Gasteiger partial charge in [0.1, 0.15) is 0 Å². The van der Waals surface area contributed by atoms with Crippen molar-refractivity contribution in [3.8, 4) is 11.5 Å². The number of carbonyl (C=O) groups excluding carboxylic acids is 2. The fourth-order valence-electron chi connectivity index (χ4n) is 2.52. The molecular formula is C17H24N2O5. The molecule has 0 radical (unpaired) electrons. The van der Waals surface area contributed by atoms with Crippen LogP contribution in [0.4, 0.5) is 0 Å². The molecule has 0 unspecified atom stereocenters. The minimum Gasteiger partial charge on any atom is -0.490 e. The molecule has 1 aliphatic rings. The smallest absolute Gasteiger partial charge is 0.343 e. The molecule has 1 amide bonds. The summed E-state index contributed by atoms with van der Waals surface area (Å²) in [7, 11) is 1.30. The Labute approximate surface area is 141 Å². The molecule has 0 spiro atoms. The van der Waals surface area contributed by atoms with Gasteiger partial charge in [-0.2, -0.15) is 0 Å². The number of nitrogens with one attached hydrogen (secondary N) is 1. The number of methoxy groups -OCH3 is 1. The van der Waals surface area contributed by atoms with Gasteiger partial charge < -0.3 is 24.4 Å². The highest BCUT2D eigenvalue weighted by atomic mass is 16.6. The summed E-state index contributed by atoms with van der Waals surface area (Å²) in [5, 5.41) is 3.31. The van der Waals surface area contributed by atoms with Gasteiger partial charge in [0, 0.05) is 31.2 Å². The van der Waals surface area contributed by atoms with Crippen LogP contribution in [0.1, 0.15) is 24.2 Å². The van der Waals surface area contributed by atoms with Crippen LogP contribution in [0.5, 0.6) is 11.5 Å². The van der Waals surface area contributed by atoms with E-state index in [-0.39, 0.29) is 18.6 Å². The summed E-state index contributed by atoms with van der Waals surface area (Å²) in [5.74, 6) is 0.333. The van der Waals surface area contributed by atoms with E-state index in [0.717, 1.165) is 6.54 Å². The summed E-state index contributed by atoms with van der Waals surface area (Å²) in [6, 6.07) is 5.26. The van der Waals surface area contributed by atoms with Crippen molar-refractivity contribution in [2.75, 3.05) is 40.0 Å². The van der Waals surface area contributed by atoms with Gasteiger partial charge in [-0.1, -0.05) is 0 Å². The van der Waals surface area contributed by atoms with Crippen LogP contribution in [0, 0.1) is 0 Å². The summed E-state index contributed by atoms with van der Waals surface area (Å²) in [5.41, 5.74) is 0.540. The largest absolute Gasteiger partial charge is 0.490 e. The molecule has 24 heavy (non-hydrogen) atoms. The third-order valence-electron chi connectivity index (χ3n) is 3.72. The lowest BCUT2D eigenvalue weighted by Crippen LogP contribution is -2.51. The van der Waals surface area contributed by atoms with Crippen molar-refractivity contribution >= 4 is 11.9 Å². The third kappa shape index (κ3) is 4.61. The van der Waals surface area contributed by atoms with Crippen LogP contribution in [-0.2, 0) is 9.53 Å². The summed E-state index contributed by atoms with van der Waals surface area (Å²) in [4.78, 5) is 25.7. The summed E-state index contributed by atoms with van der Waals surface area (Å²) in [6.45, 7) is 6.24. The molecule has 1 atom stereocenters. The lowest BCUT2D eigenvalue weighted by Gasteiger charge is -2.32. The SMILES string of the molecule is CCOc1cc(C(=O)N2CCN[C@H](C)C2)ccc1OCC(=O)OC. The number of hydrogen-bond donors (Lipinski definition) is 1. The van der Waals surface area contributed by atoms with Gasteiger partial charge in [0.25, 0.3) is 5.91 Å². The lowest BCUT2D eigenvalue weighted by molar-refractivity contribution is -0.142. The first kappa shape index (κ1) is 18.1. The van der Waals surface area contributed by atoms with Gasteiger partial charge in [0.15, 0.2) is 18.1 Å². The zero-order valence-corrected chi connectivity index (χ0v) is 14.3. The molecule has 1 fully saturated rings. The van der Waals surface area contributed by atoms with Gasteiger partial charge in [0.2, 0.25) is 0 Å². The highest BCUT2D eigenvalue weighted by molar-refractivity contribution is 5.95. The Morgan fingerprint density at radius 3 is 2.75 bits per heavy atom. The number of amides is 1. The Balaban J connectivity index is 2.14. The van der Waals surface area contributed by atoms with Crippen molar-refractivity contribution in [3.05, 3.63) is 23.8 Å². The van der Waals surface area contributed by atoms with E-state index in [1.165, 1.54) is 7.11 Å². The van der Waals surface area contributed by atoms with E-state index >= 15 is 0 Å². The van der Waals surface area contributed by atoms with Gasteiger partial charge in [-0.15, -0.1) is 0 Å². The zero-order chi connectivity index (χ0) is 17.5. The molecule has 0 aromatic heterocycles. The second kappa shape index (κ2) is 8.54. The average molecular weight is 336 g/mol.